The van der Waals surface area contributed by atoms with Crippen LogP contribution in [-0.4, -0.2) is 17.6 Å². The highest BCUT2D eigenvalue weighted by Gasteiger charge is 2.13. The number of aryl methyl sites for hydroxylation is 1. The molecular formula is C16H14F2N2O2. The van der Waals surface area contributed by atoms with Crippen LogP contribution in [0.4, 0.5) is 8.78 Å². The molecule has 4 nitrogen and oxygen atoms in total. The number of nitrogens with zero attached hydrogens (tertiary/aromatic N) is 2. The molecule has 2 rings (SSSR count). The van der Waals surface area contributed by atoms with Crippen molar-refractivity contribution in [3.8, 4) is 23.1 Å². The summed E-state index contributed by atoms with van der Waals surface area (Å²) in [6.45, 7) is 0.870. The van der Waals surface area contributed by atoms with Gasteiger partial charge in [-0.1, -0.05) is 6.07 Å². The Morgan fingerprint density at radius 2 is 1.91 bits per heavy atom. The summed E-state index contributed by atoms with van der Waals surface area (Å²) in [7, 11) is 0. The van der Waals surface area contributed by atoms with Crippen molar-refractivity contribution in [1.29, 1.82) is 5.26 Å². The fourth-order valence-corrected chi connectivity index (χ4v) is 2.10. The Morgan fingerprint density at radius 1 is 1.23 bits per heavy atom. The zero-order valence-electron chi connectivity index (χ0n) is 11.9. The van der Waals surface area contributed by atoms with Crippen LogP contribution in [0, 0.1) is 18.3 Å². The first-order valence-electron chi connectivity index (χ1n) is 6.61. The molecule has 0 amide bonds. The van der Waals surface area contributed by atoms with Crippen LogP contribution in [0.1, 0.15) is 5.56 Å². The van der Waals surface area contributed by atoms with E-state index in [0.717, 1.165) is 4.57 Å². The SMILES string of the molecule is Cc1ccc(-c2ccc(OCC#N)cc2)n(CC(F)F)c1=O. The van der Waals surface area contributed by atoms with Crippen LogP contribution in [0.3, 0.4) is 0 Å². The molecule has 22 heavy (non-hydrogen) atoms. The molecule has 1 aromatic heterocycles. The molecule has 0 radical (unpaired) electrons. The first kappa shape index (κ1) is 15.7. The highest BCUT2D eigenvalue weighted by atomic mass is 19.3. The first-order chi connectivity index (χ1) is 10.5. The molecule has 0 saturated heterocycles. The summed E-state index contributed by atoms with van der Waals surface area (Å²) in [5, 5.41) is 8.45. The Labute approximate surface area is 126 Å². The minimum atomic E-state index is -2.61. The molecule has 0 N–H and O–H groups in total. The molecule has 0 bridgehead atoms. The Kier molecular flexibility index (Phi) is 4.89. The van der Waals surface area contributed by atoms with Crippen molar-refractivity contribution in [1.82, 2.24) is 4.57 Å². The molecule has 0 saturated carbocycles. The van der Waals surface area contributed by atoms with E-state index >= 15 is 0 Å². The quantitative estimate of drug-likeness (QED) is 0.853. The van der Waals surface area contributed by atoms with Crippen LogP contribution in [0.25, 0.3) is 11.3 Å². The molecule has 0 unspecified atom stereocenters. The van der Waals surface area contributed by atoms with Gasteiger partial charge in [-0.05, 0) is 42.8 Å². The van der Waals surface area contributed by atoms with Crippen molar-refractivity contribution in [3.63, 3.8) is 0 Å². The molecule has 1 heterocycles. The summed E-state index contributed by atoms with van der Waals surface area (Å²) in [6, 6.07) is 11.7. The second-order valence-corrected chi connectivity index (χ2v) is 4.68. The van der Waals surface area contributed by atoms with Crippen LogP contribution in [-0.2, 0) is 6.54 Å². The molecule has 114 valence electrons. The van der Waals surface area contributed by atoms with Gasteiger partial charge in [0.1, 0.15) is 11.8 Å². The van der Waals surface area contributed by atoms with E-state index in [1.165, 1.54) is 0 Å². The third-order valence-electron chi connectivity index (χ3n) is 3.14. The zero-order chi connectivity index (χ0) is 16.1. The Hall–Kier alpha value is -2.68. The van der Waals surface area contributed by atoms with E-state index in [9.17, 15) is 13.6 Å². The second-order valence-electron chi connectivity index (χ2n) is 4.68. The topological polar surface area (TPSA) is 55.0 Å². The van der Waals surface area contributed by atoms with E-state index in [-0.39, 0.29) is 6.61 Å². The van der Waals surface area contributed by atoms with E-state index in [4.69, 9.17) is 10.00 Å². The molecule has 0 aliphatic carbocycles. The van der Waals surface area contributed by atoms with Crippen molar-refractivity contribution < 1.29 is 13.5 Å². The molecule has 0 fully saturated rings. The number of rotatable bonds is 5. The highest BCUT2D eigenvalue weighted by Crippen LogP contribution is 2.22. The minimum Gasteiger partial charge on any atom is -0.479 e. The van der Waals surface area contributed by atoms with Crippen molar-refractivity contribution in [3.05, 3.63) is 52.3 Å². The smallest absolute Gasteiger partial charge is 0.256 e. The number of hydrogen-bond donors (Lipinski definition) is 0. The van der Waals surface area contributed by atoms with E-state index < -0.39 is 18.5 Å². The average molecular weight is 304 g/mol. The van der Waals surface area contributed by atoms with E-state index in [1.807, 2.05) is 6.07 Å². The van der Waals surface area contributed by atoms with Crippen molar-refractivity contribution >= 4 is 0 Å². The Balaban J connectivity index is 2.42. The second kappa shape index (κ2) is 6.85. The fourth-order valence-electron chi connectivity index (χ4n) is 2.10. The minimum absolute atomic E-state index is 0.0695. The number of nitriles is 1. The van der Waals surface area contributed by atoms with Crippen molar-refractivity contribution in [2.24, 2.45) is 0 Å². The van der Waals surface area contributed by atoms with Gasteiger partial charge in [0.15, 0.2) is 6.61 Å². The van der Waals surface area contributed by atoms with E-state index in [2.05, 4.69) is 0 Å². The molecular weight excluding hydrogens is 290 g/mol. The molecule has 0 aliphatic heterocycles. The fraction of sp³-hybridized carbons (Fsp3) is 0.250. The van der Waals surface area contributed by atoms with Gasteiger partial charge in [-0.2, -0.15) is 5.26 Å². The largest absolute Gasteiger partial charge is 0.479 e. The maximum absolute atomic E-state index is 12.7. The highest BCUT2D eigenvalue weighted by molar-refractivity contribution is 5.61. The van der Waals surface area contributed by atoms with Crippen LogP contribution in [0.2, 0.25) is 0 Å². The lowest BCUT2D eigenvalue weighted by Gasteiger charge is -2.14. The normalized spacial score (nSPS) is 10.5. The maximum Gasteiger partial charge on any atom is 0.256 e. The summed E-state index contributed by atoms with van der Waals surface area (Å²) in [5.74, 6) is 0.500. The number of halogens is 2. The van der Waals surface area contributed by atoms with Gasteiger partial charge in [0.2, 0.25) is 0 Å². The Bertz CT molecular complexity index is 746. The van der Waals surface area contributed by atoms with Gasteiger partial charge >= 0.3 is 0 Å². The third-order valence-corrected chi connectivity index (χ3v) is 3.14. The van der Waals surface area contributed by atoms with Gasteiger partial charge in [-0.3, -0.25) is 4.79 Å². The van der Waals surface area contributed by atoms with Crippen molar-refractivity contribution in [2.75, 3.05) is 6.61 Å². The van der Waals surface area contributed by atoms with Crippen LogP contribution < -0.4 is 10.3 Å². The van der Waals surface area contributed by atoms with Crippen LogP contribution in [0.15, 0.2) is 41.2 Å². The summed E-state index contributed by atoms with van der Waals surface area (Å²) in [5.41, 5.74) is 1.03. The predicted octanol–water partition coefficient (Wildman–Crippen LogP) is 2.99. The lowest BCUT2D eigenvalue weighted by Crippen LogP contribution is -2.26. The molecule has 6 heteroatoms. The molecule has 0 aliphatic rings. The number of alkyl halides is 2. The molecule has 0 spiro atoms. The van der Waals surface area contributed by atoms with E-state index in [0.29, 0.717) is 22.6 Å². The van der Waals surface area contributed by atoms with Gasteiger partial charge < -0.3 is 9.30 Å². The van der Waals surface area contributed by atoms with E-state index in [1.54, 1.807) is 43.3 Å². The van der Waals surface area contributed by atoms with Crippen LogP contribution >= 0.6 is 0 Å². The number of ether oxygens (including phenoxy) is 1. The molecule has 2 aromatic rings. The number of aromatic nitrogens is 1. The van der Waals surface area contributed by atoms with Crippen molar-refractivity contribution in [2.45, 2.75) is 19.9 Å². The lowest BCUT2D eigenvalue weighted by atomic mass is 10.1. The summed E-state index contributed by atoms with van der Waals surface area (Å²) < 4.78 is 31.7. The summed E-state index contributed by atoms with van der Waals surface area (Å²) in [4.78, 5) is 12.1. The average Bonchev–Trinajstić information content (AvgIpc) is 2.50. The third kappa shape index (κ3) is 3.50. The summed E-state index contributed by atoms with van der Waals surface area (Å²) in [6.07, 6.45) is -2.61. The molecule has 1 aromatic carbocycles. The van der Waals surface area contributed by atoms with Crippen LogP contribution in [0.5, 0.6) is 5.75 Å². The lowest BCUT2D eigenvalue weighted by molar-refractivity contribution is 0.126. The number of pyridine rings is 1. The zero-order valence-corrected chi connectivity index (χ0v) is 11.9. The standard InChI is InChI=1S/C16H14F2N2O2/c1-11-2-7-14(20(16(11)21)10-15(17)18)12-3-5-13(6-4-12)22-9-8-19/h2-7,15H,9-10H2,1H3. The monoisotopic (exact) mass is 304 g/mol. The Morgan fingerprint density at radius 3 is 2.50 bits per heavy atom. The molecule has 0 atom stereocenters. The number of hydrogen-bond acceptors (Lipinski definition) is 3. The summed E-state index contributed by atoms with van der Waals surface area (Å²) >= 11 is 0. The first-order valence-corrected chi connectivity index (χ1v) is 6.61. The maximum atomic E-state index is 12.7. The van der Waals surface area contributed by atoms with Gasteiger partial charge in [0.05, 0.1) is 12.2 Å². The van der Waals surface area contributed by atoms with Gasteiger partial charge in [0, 0.05) is 5.56 Å². The van der Waals surface area contributed by atoms with Gasteiger partial charge in [-0.25, -0.2) is 8.78 Å². The van der Waals surface area contributed by atoms with Gasteiger partial charge in [0.25, 0.3) is 12.0 Å². The predicted molar refractivity (Wildman–Crippen MR) is 78.0 cm³/mol. The number of benzene rings is 1. The van der Waals surface area contributed by atoms with Gasteiger partial charge in [-0.15, -0.1) is 0 Å².